The zero-order valence-electron chi connectivity index (χ0n) is 5.95. The first-order chi connectivity index (χ1) is 3.46. The molecular weight excluding hydrogens is 302 g/mol. The maximum absolute atomic E-state index is 8.25. The van der Waals surface area contributed by atoms with Crippen molar-refractivity contribution in [1.82, 2.24) is 24.6 Å². The van der Waals surface area contributed by atoms with Crippen molar-refractivity contribution in [3.8, 4) is 0 Å². The van der Waals surface area contributed by atoms with Crippen LogP contribution < -0.4 is 24.6 Å². The van der Waals surface area contributed by atoms with Crippen LogP contribution in [0.5, 0.6) is 0 Å². The predicted molar refractivity (Wildman–Crippen MR) is 32.9 cm³/mol. The van der Waals surface area contributed by atoms with E-state index < -0.39 is 10.2 Å². The van der Waals surface area contributed by atoms with Gasteiger partial charge in [0.15, 0.2) is 0 Å². The van der Waals surface area contributed by atoms with Gasteiger partial charge in [0.25, 0.3) is 0 Å². The first-order valence-corrected chi connectivity index (χ1v) is 1.10. The summed E-state index contributed by atoms with van der Waals surface area (Å²) < 4.78 is 0. The van der Waals surface area contributed by atoms with E-state index in [4.69, 9.17) is 30.6 Å². The van der Waals surface area contributed by atoms with Gasteiger partial charge in [-0.3, -0.25) is 0 Å². The van der Waals surface area contributed by atoms with Gasteiger partial charge in [0.2, 0.25) is 0 Å². The fraction of sp³-hybridized carbons (Fsp3) is 0. The predicted octanol–water partition coefficient (Wildman–Crippen LogP) is -3.23. The summed E-state index contributed by atoms with van der Waals surface area (Å²) in [5, 5.41) is 29.5. The van der Waals surface area contributed by atoms with Crippen molar-refractivity contribution >= 4 is 0 Å². The molecule has 14 heteroatoms. The minimum Gasteiger partial charge on any atom is -0.412 e. The van der Waals surface area contributed by atoms with Crippen LogP contribution in [0, 0.1) is 30.6 Å². The van der Waals surface area contributed by atoms with E-state index >= 15 is 0 Å². The maximum Gasteiger partial charge on any atom is 2.00 e. The van der Waals surface area contributed by atoms with Gasteiger partial charge in [-0.25, -0.2) is 0 Å². The maximum atomic E-state index is 8.25. The molecule has 0 aliphatic heterocycles. The fourth-order valence-electron chi connectivity index (χ4n) is 0. The third-order valence-corrected chi connectivity index (χ3v) is 0. The second-order valence-electron chi connectivity index (χ2n) is 0.447. The Labute approximate surface area is 92.0 Å². The van der Waals surface area contributed by atoms with E-state index in [1.54, 1.807) is 0 Å². The zero-order valence-corrected chi connectivity index (χ0v) is 7.50. The summed E-state index contributed by atoms with van der Waals surface area (Å²) in [5.74, 6) is 0. The van der Waals surface area contributed by atoms with Crippen LogP contribution in [0.25, 0.3) is 0 Å². The van der Waals surface area contributed by atoms with Gasteiger partial charge < -0.3 is 36.1 Å². The summed E-state index contributed by atoms with van der Waals surface area (Å²) in [5.41, 5.74) is 0. The summed E-state index contributed by atoms with van der Waals surface area (Å²) in [4.78, 5) is 16.5. The third kappa shape index (κ3) is 816. The van der Waals surface area contributed by atoms with Crippen LogP contribution in [-0.2, 0) is 20.4 Å². The van der Waals surface area contributed by atoms with Crippen molar-refractivity contribution in [1.29, 1.82) is 0 Å². The van der Waals surface area contributed by atoms with Gasteiger partial charge in [-0.05, 0) is 0 Å². The molecule has 0 aromatic heterocycles. The van der Waals surface area contributed by atoms with E-state index in [0.717, 1.165) is 0 Å². The SMILES string of the molecule is O.O=[N+]([O-])[O-].O=[N+]([O-])[O-].[N].[N].[N].[N].[Pd+2]. The standard InChI is InChI=1S/2NO3.4N.H2O.Pd/c2*2-1(3)4;;;;;;/h;;;;;;1H2;/q2*-1;;;;;;+2. The van der Waals surface area contributed by atoms with Crippen LogP contribution in [-0.4, -0.2) is 15.6 Å². The van der Waals surface area contributed by atoms with Crippen LogP contribution in [0.15, 0.2) is 0 Å². The molecule has 13 nitrogen and oxygen atoms in total. The van der Waals surface area contributed by atoms with Crippen molar-refractivity contribution in [2.45, 2.75) is 0 Å². The minimum atomic E-state index is -1.75. The molecular formula is H2N6O7Pd. The van der Waals surface area contributed by atoms with Crippen LogP contribution in [0.4, 0.5) is 0 Å². The Morgan fingerprint density at radius 2 is 0.643 bits per heavy atom. The van der Waals surface area contributed by atoms with E-state index in [9.17, 15) is 0 Å². The number of hydrogen-bond donors (Lipinski definition) is 0. The molecule has 0 saturated heterocycles. The number of nitrogens with zero attached hydrogens (tertiary/aromatic N) is 6. The molecule has 0 atom stereocenters. The molecule has 0 unspecified atom stereocenters. The molecule has 0 fully saturated rings. The second-order valence-corrected chi connectivity index (χ2v) is 0.447. The Morgan fingerprint density at radius 1 is 0.643 bits per heavy atom. The van der Waals surface area contributed by atoms with Crippen LogP contribution >= 0.6 is 0 Å². The molecule has 14 heavy (non-hydrogen) atoms. The van der Waals surface area contributed by atoms with E-state index in [1.165, 1.54) is 0 Å². The smallest absolute Gasteiger partial charge is 0.412 e. The molecule has 0 saturated carbocycles. The first-order valence-electron chi connectivity index (χ1n) is 1.10. The summed E-state index contributed by atoms with van der Waals surface area (Å²) in [6, 6.07) is 0. The van der Waals surface area contributed by atoms with Crippen molar-refractivity contribution in [3.63, 3.8) is 0 Å². The van der Waals surface area contributed by atoms with Crippen LogP contribution in [0.3, 0.4) is 0 Å². The van der Waals surface area contributed by atoms with Crippen molar-refractivity contribution in [2.75, 3.05) is 0 Å². The fourth-order valence-corrected chi connectivity index (χ4v) is 0. The molecule has 0 rings (SSSR count). The Hall–Kier alpha value is -1.14. The molecule has 0 aromatic rings. The molecule has 0 bridgehead atoms. The van der Waals surface area contributed by atoms with E-state index in [0.29, 0.717) is 0 Å². The van der Waals surface area contributed by atoms with Gasteiger partial charge in [-0.15, -0.1) is 0 Å². The number of rotatable bonds is 0. The molecule has 12 radical (unpaired) electrons. The monoisotopic (exact) mass is 304 g/mol. The first kappa shape index (κ1) is 76.6. The third-order valence-electron chi connectivity index (χ3n) is 0. The van der Waals surface area contributed by atoms with Gasteiger partial charge in [0, 0.05) is 24.6 Å². The minimum absolute atomic E-state index is 0. The molecule has 0 aliphatic rings. The van der Waals surface area contributed by atoms with Crippen molar-refractivity contribution < 1.29 is 36.1 Å². The van der Waals surface area contributed by atoms with E-state index in [2.05, 4.69) is 0 Å². The number of hydrogen-bond acceptors (Lipinski definition) is 6. The average molecular weight is 304 g/mol. The van der Waals surface area contributed by atoms with Gasteiger partial charge in [0.05, 0.1) is 10.2 Å². The summed E-state index contributed by atoms with van der Waals surface area (Å²) in [6.07, 6.45) is 0. The molecule has 0 aliphatic carbocycles. The summed E-state index contributed by atoms with van der Waals surface area (Å²) >= 11 is 0. The molecule has 0 heterocycles. The Morgan fingerprint density at radius 3 is 0.643 bits per heavy atom. The molecule has 2 N–H and O–H groups in total. The zero-order chi connectivity index (χ0) is 7.15. The van der Waals surface area contributed by atoms with Gasteiger partial charge in [0.1, 0.15) is 0 Å². The molecule has 84 valence electrons. The second kappa shape index (κ2) is 59.2. The Balaban J connectivity index is -0.00000000600. The summed E-state index contributed by atoms with van der Waals surface area (Å²) in [6.45, 7) is 0. The van der Waals surface area contributed by atoms with E-state index in [-0.39, 0.29) is 50.5 Å². The van der Waals surface area contributed by atoms with E-state index in [1.807, 2.05) is 0 Å². The topological polar surface area (TPSA) is 286 Å². The molecule has 0 amide bonds. The summed E-state index contributed by atoms with van der Waals surface area (Å²) in [7, 11) is 0. The average Bonchev–Trinajstić information content (AvgIpc) is 1.25. The Bertz CT molecular complexity index is 76.2. The van der Waals surface area contributed by atoms with Crippen LogP contribution in [0.2, 0.25) is 0 Å². The van der Waals surface area contributed by atoms with Crippen molar-refractivity contribution in [2.24, 2.45) is 0 Å². The quantitative estimate of drug-likeness (QED) is 0.251. The van der Waals surface area contributed by atoms with Crippen LogP contribution in [0.1, 0.15) is 0 Å². The Kier molecular flexibility index (Phi) is 324. The van der Waals surface area contributed by atoms with Gasteiger partial charge >= 0.3 is 20.4 Å². The molecule has 0 aromatic carbocycles. The molecule has 0 spiro atoms. The van der Waals surface area contributed by atoms with Gasteiger partial charge in [-0.2, -0.15) is 0 Å². The normalized spacial score (nSPS) is 3.43. The van der Waals surface area contributed by atoms with Crippen molar-refractivity contribution in [3.05, 3.63) is 30.6 Å². The largest absolute Gasteiger partial charge is 2.00 e. The van der Waals surface area contributed by atoms with Gasteiger partial charge in [-0.1, -0.05) is 0 Å².